The van der Waals surface area contributed by atoms with Crippen LogP contribution in [0.2, 0.25) is 0 Å². The Hall–Kier alpha value is -3.15. The van der Waals surface area contributed by atoms with Gasteiger partial charge in [0.25, 0.3) is 5.56 Å². The smallest absolute Gasteiger partial charge is 0.274 e. The lowest BCUT2D eigenvalue weighted by Gasteiger charge is -2.41. The van der Waals surface area contributed by atoms with E-state index in [2.05, 4.69) is 48.1 Å². The quantitative estimate of drug-likeness (QED) is 0.690. The fraction of sp³-hybridized carbons (Fsp3) is 0.348. The summed E-state index contributed by atoms with van der Waals surface area (Å²) in [6.45, 7) is 6.40. The van der Waals surface area contributed by atoms with E-state index >= 15 is 0 Å². The Morgan fingerprint density at radius 1 is 1.07 bits per heavy atom. The first-order chi connectivity index (χ1) is 13.9. The van der Waals surface area contributed by atoms with Crippen molar-refractivity contribution in [2.24, 2.45) is 7.05 Å². The van der Waals surface area contributed by atoms with Crippen LogP contribution in [0.15, 0.2) is 53.3 Å². The molecular weight excluding hydrogens is 364 g/mol. The van der Waals surface area contributed by atoms with Gasteiger partial charge in [-0.1, -0.05) is 35.9 Å². The van der Waals surface area contributed by atoms with Gasteiger partial charge in [0.15, 0.2) is 0 Å². The van der Waals surface area contributed by atoms with Crippen molar-refractivity contribution in [2.75, 3.05) is 24.5 Å². The van der Waals surface area contributed by atoms with Crippen LogP contribution in [0, 0.1) is 6.92 Å². The molecule has 1 aliphatic heterocycles. The van der Waals surface area contributed by atoms with E-state index in [9.17, 15) is 9.59 Å². The molecule has 0 spiro atoms. The topological polar surface area (TPSA) is 58.4 Å². The summed E-state index contributed by atoms with van der Waals surface area (Å²) in [5.41, 5.74) is 2.95. The number of carbonyl (C=O) groups excluding carboxylic acids is 1. The Kier molecular flexibility index (Phi) is 5.09. The highest BCUT2D eigenvalue weighted by Gasteiger charge is 2.27. The molecule has 1 saturated heterocycles. The zero-order chi connectivity index (χ0) is 20.5. The van der Waals surface area contributed by atoms with Crippen LogP contribution >= 0.6 is 0 Å². The van der Waals surface area contributed by atoms with Crippen molar-refractivity contribution in [2.45, 2.75) is 26.3 Å². The molecule has 1 fully saturated rings. The standard InChI is InChI=1S/C23H26N4O2/c1-16-8-10-18(11-9-16)27-13-12-26(15-17(27)2)22(28)14-21-19-6-4-5-7-20(19)23(29)25(3)24-21/h4-11,17H,12-15H2,1-3H3. The second-order valence-corrected chi connectivity index (χ2v) is 7.82. The van der Waals surface area contributed by atoms with E-state index in [1.54, 1.807) is 13.1 Å². The molecule has 2 aromatic carbocycles. The van der Waals surface area contributed by atoms with Crippen molar-refractivity contribution in [3.05, 3.63) is 70.1 Å². The number of nitrogens with zero attached hydrogens (tertiary/aromatic N) is 4. The van der Waals surface area contributed by atoms with Crippen molar-refractivity contribution < 1.29 is 4.79 Å². The summed E-state index contributed by atoms with van der Waals surface area (Å²) in [6.07, 6.45) is 0.200. The first-order valence-electron chi connectivity index (χ1n) is 10.00. The van der Waals surface area contributed by atoms with Crippen molar-refractivity contribution >= 4 is 22.4 Å². The number of rotatable bonds is 3. The molecule has 6 heteroatoms. The number of piperazine rings is 1. The Labute approximate surface area is 170 Å². The zero-order valence-electron chi connectivity index (χ0n) is 17.1. The third kappa shape index (κ3) is 3.75. The van der Waals surface area contributed by atoms with Gasteiger partial charge in [0.2, 0.25) is 5.91 Å². The van der Waals surface area contributed by atoms with Crippen LogP contribution in [-0.4, -0.2) is 46.3 Å². The highest BCUT2D eigenvalue weighted by molar-refractivity contribution is 5.88. The van der Waals surface area contributed by atoms with Gasteiger partial charge in [0, 0.05) is 43.8 Å². The molecule has 3 aromatic rings. The van der Waals surface area contributed by atoms with E-state index in [-0.39, 0.29) is 23.9 Å². The molecule has 0 aliphatic carbocycles. The van der Waals surface area contributed by atoms with Crippen LogP contribution in [0.5, 0.6) is 0 Å². The van der Waals surface area contributed by atoms with Crippen molar-refractivity contribution in [3.63, 3.8) is 0 Å². The van der Waals surface area contributed by atoms with Gasteiger partial charge in [-0.3, -0.25) is 9.59 Å². The summed E-state index contributed by atoms with van der Waals surface area (Å²) < 4.78 is 1.32. The molecule has 4 rings (SSSR count). The number of hydrogen-bond acceptors (Lipinski definition) is 4. The highest BCUT2D eigenvalue weighted by atomic mass is 16.2. The zero-order valence-corrected chi connectivity index (χ0v) is 17.1. The molecule has 0 N–H and O–H groups in total. The highest BCUT2D eigenvalue weighted by Crippen LogP contribution is 2.22. The normalized spacial score (nSPS) is 17.0. The molecule has 6 nitrogen and oxygen atoms in total. The van der Waals surface area contributed by atoms with Gasteiger partial charge in [0.05, 0.1) is 17.5 Å². The molecule has 1 unspecified atom stereocenters. The molecule has 0 radical (unpaired) electrons. The third-order valence-electron chi connectivity index (χ3n) is 5.70. The van der Waals surface area contributed by atoms with Crippen molar-refractivity contribution in [3.8, 4) is 0 Å². The minimum absolute atomic E-state index is 0.0525. The fourth-order valence-electron chi connectivity index (χ4n) is 4.07. The van der Waals surface area contributed by atoms with E-state index in [1.807, 2.05) is 23.1 Å². The number of hydrogen-bond donors (Lipinski definition) is 0. The largest absolute Gasteiger partial charge is 0.365 e. The summed E-state index contributed by atoms with van der Waals surface area (Å²) in [5, 5.41) is 5.73. The number of anilines is 1. The Morgan fingerprint density at radius 2 is 1.76 bits per heavy atom. The van der Waals surface area contributed by atoms with Gasteiger partial charge in [-0.25, -0.2) is 4.68 Å². The lowest BCUT2D eigenvalue weighted by Crippen LogP contribution is -2.54. The van der Waals surface area contributed by atoms with Crippen LogP contribution in [0.25, 0.3) is 10.8 Å². The Morgan fingerprint density at radius 3 is 2.45 bits per heavy atom. The molecule has 1 aliphatic rings. The molecule has 150 valence electrons. The fourth-order valence-corrected chi connectivity index (χ4v) is 4.07. The molecule has 0 bridgehead atoms. The summed E-state index contributed by atoms with van der Waals surface area (Å²) in [7, 11) is 1.63. The van der Waals surface area contributed by atoms with E-state index in [0.717, 1.165) is 11.9 Å². The maximum Gasteiger partial charge on any atom is 0.274 e. The van der Waals surface area contributed by atoms with Crippen LogP contribution in [-0.2, 0) is 18.3 Å². The predicted octanol–water partition coefficient (Wildman–Crippen LogP) is 2.52. The molecule has 29 heavy (non-hydrogen) atoms. The molecule has 1 atom stereocenters. The minimum atomic E-state index is -0.142. The maximum absolute atomic E-state index is 13.0. The number of aromatic nitrogens is 2. The summed E-state index contributed by atoms with van der Waals surface area (Å²) >= 11 is 0. The van der Waals surface area contributed by atoms with Gasteiger partial charge in [0.1, 0.15) is 0 Å². The molecule has 1 amide bonds. The number of fused-ring (bicyclic) bond motifs is 1. The lowest BCUT2D eigenvalue weighted by atomic mass is 10.1. The third-order valence-corrected chi connectivity index (χ3v) is 5.70. The summed E-state index contributed by atoms with van der Waals surface area (Å²) in [5.74, 6) is 0.0525. The molecule has 0 saturated carbocycles. The first kappa shape index (κ1) is 19.2. The van der Waals surface area contributed by atoms with Gasteiger partial charge in [-0.2, -0.15) is 5.10 Å². The number of amides is 1. The predicted molar refractivity (Wildman–Crippen MR) is 115 cm³/mol. The lowest BCUT2D eigenvalue weighted by molar-refractivity contribution is -0.131. The second-order valence-electron chi connectivity index (χ2n) is 7.82. The van der Waals surface area contributed by atoms with Crippen LogP contribution in [0.3, 0.4) is 0 Å². The average Bonchev–Trinajstić information content (AvgIpc) is 2.72. The van der Waals surface area contributed by atoms with Crippen molar-refractivity contribution in [1.82, 2.24) is 14.7 Å². The van der Waals surface area contributed by atoms with E-state index in [1.165, 1.54) is 15.9 Å². The van der Waals surface area contributed by atoms with E-state index < -0.39 is 0 Å². The van der Waals surface area contributed by atoms with Gasteiger partial charge >= 0.3 is 0 Å². The first-order valence-corrected chi connectivity index (χ1v) is 10.00. The summed E-state index contributed by atoms with van der Waals surface area (Å²) in [6, 6.07) is 16.1. The van der Waals surface area contributed by atoms with E-state index in [4.69, 9.17) is 0 Å². The maximum atomic E-state index is 13.0. The van der Waals surface area contributed by atoms with Gasteiger partial charge in [-0.15, -0.1) is 0 Å². The second kappa shape index (κ2) is 7.70. The molecular formula is C23H26N4O2. The Balaban J connectivity index is 1.51. The number of carbonyl (C=O) groups is 1. The number of benzene rings is 2. The Bertz CT molecular complexity index is 1100. The summed E-state index contributed by atoms with van der Waals surface area (Å²) in [4.78, 5) is 29.6. The molecule has 2 heterocycles. The van der Waals surface area contributed by atoms with Crippen LogP contribution < -0.4 is 10.5 Å². The molecule has 1 aromatic heterocycles. The van der Waals surface area contributed by atoms with Gasteiger partial charge < -0.3 is 9.80 Å². The van der Waals surface area contributed by atoms with Crippen LogP contribution in [0.4, 0.5) is 5.69 Å². The average molecular weight is 390 g/mol. The van der Waals surface area contributed by atoms with Crippen molar-refractivity contribution in [1.29, 1.82) is 0 Å². The minimum Gasteiger partial charge on any atom is -0.365 e. The van der Waals surface area contributed by atoms with Crippen LogP contribution in [0.1, 0.15) is 18.2 Å². The SMILES string of the molecule is Cc1ccc(N2CCN(C(=O)Cc3nn(C)c(=O)c4ccccc34)CC2C)cc1. The number of aryl methyl sites for hydroxylation is 2. The van der Waals surface area contributed by atoms with Gasteiger partial charge in [-0.05, 0) is 32.0 Å². The van der Waals surface area contributed by atoms with E-state index in [0.29, 0.717) is 24.2 Å². The monoisotopic (exact) mass is 390 g/mol.